The van der Waals surface area contributed by atoms with Crippen LogP contribution >= 0.6 is 0 Å². The van der Waals surface area contributed by atoms with Crippen LogP contribution < -0.4 is 15.4 Å². The number of amides is 3. The van der Waals surface area contributed by atoms with Crippen molar-refractivity contribution in [2.75, 3.05) is 33.4 Å². The third-order valence-corrected chi connectivity index (χ3v) is 8.70. The maximum Gasteiger partial charge on any atom is 0.253 e. The number of nitrogens with zero attached hydrogens (tertiary/aromatic N) is 1. The second-order valence-corrected chi connectivity index (χ2v) is 11.3. The summed E-state index contributed by atoms with van der Waals surface area (Å²) in [5, 5.41) is 6.32. The molecule has 0 aliphatic carbocycles. The molecule has 0 saturated carbocycles. The molecule has 3 aliphatic heterocycles. The Bertz CT molecular complexity index is 1280. The summed E-state index contributed by atoms with van der Waals surface area (Å²) in [6.07, 6.45) is 7.46. The maximum absolute atomic E-state index is 14.3. The molecule has 218 valence electrons. The van der Waals surface area contributed by atoms with Crippen LogP contribution in [-0.2, 0) is 20.7 Å². The zero-order chi connectivity index (χ0) is 28.8. The number of likely N-dealkylation sites (tertiary alicyclic amines) is 1. The number of rotatable bonds is 4. The van der Waals surface area contributed by atoms with Crippen LogP contribution in [0.15, 0.2) is 60.7 Å². The highest BCUT2D eigenvalue weighted by molar-refractivity contribution is 5.94. The Balaban J connectivity index is 1.38. The van der Waals surface area contributed by atoms with Gasteiger partial charge in [0.25, 0.3) is 5.91 Å². The summed E-state index contributed by atoms with van der Waals surface area (Å²) >= 11 is 0. The van der Waals surface area contributed by atoms with Crippen molar-refractivity contribution < 1.29 is 28.2 Å². The molecule has 2 fully saturated rings. The lowest BCUT2D eigenvalue weighted by atomic mass is 9.75. The maximum atomic E-state index is 14.3. The van der Waals surface area contributed by atoms with E-state index < -0.39 is 17.3 Å². The van der Waals surface area contributed by atoms with Gasteiger partial charge in [0.05, 0.1) is 12.5 Å². The molecule has 41 heavy (non-hydrogen) atoms. The number of hydrogen-bond acceptors (Lipinski definition) is 5. The summed E-state index contributed by atoms with van der Waals surface area (Å²) in [6, 6.07) is 13.0. The van der Waals surface area contributed by atoms with Crippen molar-refractivity contribution in [1.29, 1.82) is 0 Å². The fraction of sp³-hybridized carbons (Fsp3) is 0.469. The molecular formula is C32H38FN3O5. The van der Waals surface area contributed by atoms with Crippen LogP contribution in [-0.4, -0.2) is 68.1 Å². The highest BCUT2D eigenvalue weighted by Crippen LogP contribution is 2.36. The second kappa shape index (κ2) is 12.9. The van der Waals surface area contributed by atoms with Gasteiger partial charge >= 0.3 is 0 Å². The van der Waals surface area contributed by atoms with E-state index in [9.17, 15) is 18.8 Å². The van der Waals surface area contributed by atoms with Crippen LogP contribution in [0, 0.1) is 17.2 Å². The summed E-state index contributed by atoms with van der Waals surface area (Å²) in [4.78, 5) is 42.5. The molecule has 3 amide bonds. The minimum absolute atomic E-state index is 0.0332. The van der Waals surface area contributed by atoms with E-state index in [2.05, 4.69) is 22.8 Å². The third kappa shape index (κ3) is 6.62. The topological polar surface area (TPSA) is 97.0 Å². The molecule has 0 unspecified atom stereocenters. The number of carbonyl (C=O) groups excluding carboxylic acids is 3. The van der Waals surface area contributed by atoms with Crippen molar-refractivity contribution in [3.63, 3.8) is 0 Å². The molecule has 3 atom stereocenters. The summed E-state index contributed by atoms with van der Waals surface area (Å²) in [7, 11) is 1.38. The minimum atomic E-state index is -0.726. The molecule has 5 rings (SSSR count). The first-order chi connectivity index (χ1) is 19.9. The number of benzene rings is 2. The second-order valence-electron chi connectivity index (χ2n) is 11.3. The zero-order valence-electron chi connectivity index (χ0n) is 23.4. The van der Waals surface area contributed by atoms with E-state index in [1.807, 2.05) is 30.3 Å². The van der Waals surface area contributed by atoms with Crippen LogP contribution in [0.4, 0.5) is 4.39 Å². The number of methoxy groups -OCH3 is 1. The Kier molecular flexibility index (Phi) is 9.03. The predicted molar refractivity (Wildman–Crippen MR) is 152 cm³/mol. The Morgan fingerprint density at radius 1 is 1.10 bits per heavy atom. The zero-order valence-corrected chi connectivity index (χ0v) is 23.4. The van der Waals surface area contributed by atoms with Crippen molar-refractivity contribution in [1.82, 2.24) is 15.5 Å². The number of fused-ring (bicyclic) bond motifs is 1. The van der Waals surface area contributed by atoms with E-state index in [1.54, 1.807) is 11.0 Å². The van der Waals surface area contributed by atoms with Crippen LogP contribution in [0.5, 0.6) is 5.75 Å². The predicted octanol–water partition coefficient (Wildman–Crippen LogP) is 3.66. The molecule has 0 aromatic heterocycles. The van der Waals surface area contributed by atoms with Gasteiger partial charge in [-0.05, 0) is 55.9 Å². The average molecular weight is 564 g/mol. The van der Waals surface area contributed by atoms with Gasteiger partial charge in [-0.15, -0.1) is 0 Å². The number of nitrogens with one attached hydrogen (secondary N) is 2. The highest BCUT2D eigenvalue weighted by atomic mass is 19.1. The Morgan fingerprint density at radius 2 is 1.88 bits per heavy atom. The van der Waals surface area contributed by atoms with Crippen molar-refractivity contribution >= 4 is 17.7 Å². The van der Waals surface area contributed by atoms with Gasteiger partial charge in [0.15, 0.2) is 11.6 Å². The quantitative estimate of drug-likeness (QED) is 0.554. The van der Waals surface area contributed by atoms with E-state index in [-0.39, 0.29) is 41.0 Å². The van der Waals surface area contributed by atoms with Crippen LogP contribution in [0.2, 0.25) is 0 Å². The number of ether oxygens (including phenoxy) is 2. The minimum Gasteiger partial charge on any atom is -0.494 e. The largest absolute Gasteiger partial charge is 0.494 e. The number of carbonyl (C=O) groups is 3. The normalized spacial score (nSPS) is 25.6. The summed E-state index contributed by atoms with van der Waals surface area (Å²) in [6.45, 7) is 1.86. The molecule has 2 saturated heterocycles. The molecule has 2 aromatic carbocycles. The molecule has 1 spiro atoms. The van der Waals surface area contributed by atoms with Gasteiger partial charge in [0.1, 0.15) is 6.04 Å². The van der Waals surface area contributed by atoms with E-state index in [1.165, 1.54) is 19.2 Å². The molecule has 8 nitrogen and oxygen atoms in total. The van der Waals surface area contributed by atoms with Gasteiger partial charge < -0.3 is 25.0 Å². The number of allylic oxidation sites excluding steroid dienone is 2. The van der Waals surface area contributed by atoms with E-state index in [0.29, 0.717) is 64.8 Å². The Labute approximate surface area is 240 Å². The first-order valence-corrected chi connectivity index (χ1v) is 14.4. The first-order valence-electron chi connectivity index (χ1n) is 14.4. The summed E-state index contributed by atoms with van der Waals surface area (Å²) < 4.78 is 24.9. The van der Waals surface area contributed by atoms with Gasteiger partial charge in [-0.3, -0.25) is 14.4 Å². The third-order valence-electron chi connectivity index (χ3n) is 8.70. The lowest BCUT2D eigenvalue weighted by Gasteiger charge is -2.40. The molecule has 0 bridgehead atoms. The van der Waals surface area contributed by atoms with E-state index in [0.717, 1.165) is 5.56 Å². The van der Waals surface area contributed by atoms with Crippen molar-refractivity contribution in [2.45, 2.75) is 50.6 Å². The number of halogens is 1. The fourth-order valence-electron chi connectivity index (χ4n) is 6.15. The van der Waals surface area contributed by atoms with Gasteiger partial charge in [-0.1, -0.05) is 42.5 Å². The lowest BCUT2D eigenvalue weighted by Crippen LogP contribution is -2.58. The van der Waals surface area contributed by atoms with Crippen molar-refractivity contribution in [2.24, 2.45) is 11.3 Å². The molecule has 9 heteroatoms. The lowest BCUT2D eigenvalue weighted by molar-refractivity contribution is -0.140. The van der Waals surface area contributed by atoms with Crippen molar-refractivity contribution in [3.05, 3.63) is 77.6 Å². The average Bonchev–Trinajstić information content (AvgIpc) is 2.99. The van der Waals surface area contributed by atoms with Gasteiger partial charge in [-0.25, -0.2) is 4.39 Å². The monoisotopic (exact) mass is 563 g/mol. The van der Waals surface area contributed by atoms with Crippen LogP contribution in [0.25, 0.3) is 0 Å². The van der Waals surface area contributed by atoms with Gasteiger partial charge in [0, 0.05) is 50.2 Å². The van der Waals surface area contributed by atoms with Gasteiger partial charge in [-0.2, -0.15) is 0 Å². The molecule has 2 N–H and O–H groups in total. The van der Waals surface area contributed by atoms with Crippen LogP contribution in [0.3, 0.4) is 0 Å². The highest BCUT2D eigenvalue weighted by Gasteiger charge is 2.41. The standard InChI is InChI=1S/C32H38FN3O5/c1-40-28-11-10-23(20-25(28)33)30(38)36-16-12-26-24(21-36)9-5-6-13-32(14-17-41-18-15-32)31(39)35-27(29(37)34-26)19-22-7-3-2-4-8-22/h2-8,10-11,20,24,26-27H,9,12-19,21H2,1H3,(H,34,37)(H,35,39)/b6-5+/t24-,26+,27-/m1/s1. The molecular weight excluding hydrogens is 525 g/mol. The number of piperidine rings is 1. The van der Waals surface area contributed by atoms with Gasteiger partial charge in [0.2, 0.25) is 11.8 Å². The Hall–Kier alpha value is -3.72. The summed E-state index contributed by atoms with van der Waals surface area (Å²) in [5.41, 5.74) is 0.599. The Morgan fingerprint density at radius 3 is 2.61 bits per heavy atom. The molecule has 2 aromatic rings. The number of hydrogen-bond donors (Lipinski definition) is 2. The fourth-order valence-corrected chi connectivity index (χ4v) is 6.15. The summed E-state index contributed by atoms with van der Waals surface area (Å²) in [5.74, 6) is -1.10. The van der Waals surface area contributed by atoms with E-state index in [4.69, 9.17) is 9.47 Å². The van der Waals surface area contributed by atoms with Crippen molar-refractivity contribution in [3.8, 4) is 5.75 Å². The van der Waals surface area contributed by atoms with E-state index >= 15 is 0 Å². The molecule has 3 heterocycles. The molecule has 3 aliphatic rings. The first kappa shape index (κ1) is 28.8. The smallest absolute Gasteiger partial charge is 0.253 e. The molecule has 0 radical (unpaired) electrons. The van der Waals surface area contributed by atoms with Crippen LogP contribution in [0.1, 0.15) is 48.0 Å². The SMILES string of the molecule is COc1ccc(C(=O)N2CC[C@@H]3NC(=O)[C@@H](Cc4ccccc4)NC(=O)C4(C/C=C/C[C@@H]3C2)CCOCC4)cc1F.